The summed E-state index contributed by atoms with van der Waals surface area (Å²) in [5.41, 5.74) is -0.0223. The smallest absolute Gasteiger partial charge is 0.278 e. The molecular weight excluding hydrogens is 216 g/mol. The number of hydrogen-bond acceptors (Lipinski definition) is 6. The third kappa shape index (κ3) is 2.08. The van der Waals surface area contributed by atoms with Crippen LogP contribution in [0.4, 0.5) is 5.00 Å². The van der Waals surface area contributed by atoms with E-state index in [1.165, 1.54) is 18.5 Å². The monoisotopic (exact) mass is 222 g/mol. The molecular formula is C8H6N4O2S. The lowest BCUT2D eigenvalue weighted by Gasteiger charge is -2.01. The van der Waals surface area contributed by atoms with Crippen LogP contribution in [0.15, 0.2) is 24.5 Å². The number of hydrogen-bond donors (Lipinski definition) is 2. The van der Waals surface area contributed by atoms with Crippen LogP contribution in [-0.4, -0.2) is 25.6 Å². The number of pyridine rings is 1. The van der Waals surface area contributed by atoms with Gasteiger partial charge in [0.25, 0.3) is 5.91 Å². The summed E-state index contributed by atoms with van der Waals surface area (Å²) in [5.74, 6) is -0.647. The van der Waals surface area contributed by atoms with Crippen LogP contribution in [0.5, 0.6) is 5.75 Å². The number of nitrogens with one attached hydrogen (secondary N) is 1. The van der Waals surface area contributed by atoms with Crippen LogP contribution in [0, 0.1) is 0 Å². The van der Waals surface area contributed by atoms with Crippen molar-refractivity contribution in [2.75, 3.05) is 5.32 Å². The minimum absolute atomic E-state index is 0.0223. The molecule has 0 aromatic carbocycles. The first-order valence-corrected chi connectivity index (χ1v) is 4.77. The van der Waals surface area contributed by atoms with Gasteiger partial charge in [-0.1, -0.05) is 4.49 Å². The fourth-order valence-electron chi connectivity index (χ4n) is 0.965. The first-order valence-electron chi connectivity index (χ1n) is 4.00. The molecule has 15 heavy (non-hydrogen) atoms. The van der Waals surface area contributed by atoms with Gasteiger partial charge in [0.1, 0.15) is 10.8 Å². The topological polar surface area (TPSA) is 88.0 Å². The second-order valence-electron chi connectivity index (χ2n) is 2.61. The van der Waals surface area contributed by atoms with Gasteiger partial charge in [-0.05, 0) is 12.1 Å². The number of aromatic nitrogens is 3. The Morgan fingerprint density at radius 2 is 2.40 bits per heavy atom. The molecule has 0 fully saturated rings. The largest absolute Gasteiger partial charge is 0.505 e. The molecule has 2 heterocycles. The Morgan fingerprint density at radius 1 is 1.53 bits per heavy atom. The van der Waals surface area contributed by atoms with E-state index < -0.39 is 5.91 Å². The highest BCUT2D eigenvalue weighted by Gasteiger charge is 2.12. The Balaban J connectivity index is 2.19. The zero-order chi connectivity index (χ0) is 10.7. The zero-order valence-electron chi connectivity index (χ0n) is 7.41. The van der Waals surface area contributed by atoms with E-state index in [0.29, 0.717) is 5.00 Å². The summed E-state index contributed by atoms with van der Waals surface area (Å²) in [6.07, 6.45) is 2.85. The zero-order valence-corrected chi connectivity index (χ0v) is 8.23. The molecule has 0 saturated carbocycles. The number of amides is 1. The number of nitrogens with zero attached hydrogens (tertiary/aromatic N) is 3. The van der Waals surface area contributed by atoms with Gasteiger partial charge < -0.3 is 10.4 Å². The third-order valence-electron chi connectivity index (χ3n) is 1.60. The molecule has 76 valence electrons. The number of aromatic hydroxyl groups is 1. The Kier molecular flexibility index (Phi) is 2.55. The molecule has 0 unspecified atom stereocenters. The minimum Gasteiger partial charge on any atom is -0.505 e. The summed E-state index contributed by atoms with van der Waals surface area (Å²) in [7, 11) is 0. The van der Waals surface area contributed by atoms with Gasteiger partial charge in [0.15, 0.2) is 5.69 Å². The summed E-state index contributed by atoms with van der Waals surface area (Å²) in [6.45, 7) is 0. The van der Waals surface area contributed by atoms with Crippen LogP contribution in [0.2, 0.25) is 0 Å². The first kappa shape index (κ1) is 9.53. The van der Waals surface area contributed by atoms with Crippen molar-refractivity contribution in [3.05, 3.63) is 30.2 Å². The van der Waals surface area contributed by atoms with Gasteiger partial charge in [0.05, 0.1) is 6.20 Å². The van der Waals surface area contributed by atoms with E-state index in [9.17, 15) is 9.90 Å². The van der Waals surface area contributed by atoms with Crippen molar-refractivity contribution in [1.82, 2.24) is 14.6 Å². The molecule has 0 bridgehead atoms. The van der Waals surface area contributed by atoms with Crippen LogP contribution < -0.4 is 5.32 Å². The maximum absolute atomic E-state index is 11.6. The Bertz CT molecular complexity index is 471. The van der Waals surface area contributed by atoms with Crippen LogP contribution >= 0.6 is 11.5 Å². The van der Waals surface area contributed by atoms with Crippen molar-refractivity contribution >= 4 is 22.4 Å². The van der Waals surface area contributed by atoms with Crippen molar-refractivity contribution in [3.63, 3.8) is 0 Å². The highest BCUT2D eigenvalue weighted by atomic mass is 32.1. The van der Waals surface area contributed by atoms with Crippen LogP contribution in [0.1, 0.15) is 10.5 Å². The van der Waals surface area contributed by atoms with Crippen molar-refractivity contribution < 1.29 is 9.90 Å². The number of carbonyl (C=O) groups excluding carboxylic acids is 1. The molecule has 1 amide bonds. The summed E-state index contributed by atoms with van der Waals surface area (Å²) >= 11 is 1.05. The normalized spacial score (nSPS) is 9.87. The molecule has 0 atom stereocenters. The molecule has 0 radical (unpaired) electrons. The molecule has 0 aliphatic heterocycles. The lowest BCUT2D eigenvalue weighted by atomic mass is 10.3. The molecule has 0 aliphatic carbocycles. The predicted molar refractivity (Wildman–Crippen MR) is 53.8 cm³/mol. The Morgan fingerprint density at radius 3 is 3.07 bits per heavy atom. The van der Waals surface area contributed by atoms with Crippen LogP contribution in [0.3, 0.4) is 0 Å². The second kappa shape index (κ2) is 4.01. The fraction of sp³-hybridized carbons (Fsp3) is 0. The predicted octanol–water partition coefficient (Wildman–Crippen LogP) is 0.891. The van der Waals surface area contributed by atoms with E-state index in [0.717, 1.165) is 11.5 Å². The highest BCUT2D eigenvalue weighted by Crippen LogP contribution is 2.16. The van der Waals surface area contributed by atoms with E-state index in [4.69, 9.17) is 0 Å². The van der Waals surface area contributed by atoms with Gasteiger partial charge in [-0.3, -0.25) is 4.79 Å². The van der Waals surface area contributed by atoms with Gasteiger partial charge >= 0.3 is 0 Å². The average molecular weight is 222 g/mol. The summed E-state index contributed by atoms with van der Waals surface area (Å²) in [5, 5.41) is 15.9. The van der Waals surface area contributed by atoms with Gasteiger partial charge in [-0.2, -0.15) is 0 Å². The van der Waals surface area contributed by atoms with Gasteiger partial charge in [-0.15, -0.1) is 5.10 Å². The molecule has 2 aromatic rings. The van der Waals surface area contributed by atoms with Gasteiger partial charge in [-0.25, -0.2) is 4.98 Å². The van der Waals surface area contributed by atoms with E-state index in [2.05, 4.69) is 19.9 Å². The maximum atomic E-state index is 11.6. The molecule has 2 N–H and O–H groups in total. The first-order chi connectivity index (χ1) is 7.27. The van der Waals surface area contributed by atoms with E-state index in [1.54, 1.807) is 6.07 Å². The standard InChI is InChI=1S/C8H6N4O2S/c13-5-2-1-3-9-7(5)8(14)11-6-4-10-12-15-6/h1-4,13H,(H,11,14). The van der Waals surface area contributed by atoms with E-state index in [1.807, 2.05) is 0 Å². The maximum Gasteiger partial charge on any atom is 0.278 e. The van der Waals surface area contributed by atoms with Gasteiger partial charge in [0.2, 0.25) is 0 Å². The fourth-order valence-corrected chi connectivity index (χ4v) is 1.38. The molecule has 7 heteroatoms. The van der Waals surface area contributed by atoms with Crippen molar-refractivity contribution in [2.24, 2.45) is 0 Å². The average Bonchev–Trinajstić information content (AvgIpc) is 2.71. The Hall–Kier alpha value is -2.02. The molecule has 2 rings (SSSR count). The van der Waals surface area contributed by atoms with E-state index >= 15 is 0 Å². The molecule has 0 saturated heterocycles. The third-order valence-corrected chi connectivity index (χ3v) is 2.18. The van der Waals surface area contributed by atoms with Gasteiger partial charge in [0, 0.05) is 17.7 Å². The van der Waals surface area contributed by atoms with E-state index in [-0.39, 0.29) is 11.4 Å². The second-order valence-corrected chi connectivity index (χ2v) is 3.39. The number of carbonyl (C=O) groups is 1. The minimum atomic E-state index is -0.487. The summed E-state index contributed by atoms with van der Waals surface area (Å²) in [4.78, 5) is 15.3. The number of anilines is 1. The van der Waals surface area contributed by atoms with Crippen LogP contribution in [-0.2, 0) is 0 Å². The lowest BCUT2D eigenvalue weighted by molar-refractivity contribution is 0.102. The van der Waals surface area contributed by atoms with Crippen molar-refractivity contribution in [2.45, 2.75) is 0 Å². The number of rotatable bonds is 2. The quantitative estimate of drug-likeness (QED) is 0.787. The molecule has 0 spiro atoms. The van der Waals surface area contributed by atoms with Crippen LogP contribution in [0.25, 0.3) is 0 Å². The molecule has 2 aromatic heterocycles. The Labute approximate surface area is 88.8 Å². The summed E-state index contributed by atoms with van der Waals surface area (Å²) < 4.78 is 3.59. The highest BCUT2D eigenvalue weighted by molar-refractivity contribution is 7.10. The molecule has 6 nitrogen and oxygen atoms in total. The SMILES string of the molecule is O=C(Nc1cnns1)c1ncccc1O. The molecule has 0 aliphatic rings. The van der Waals surface area contributed by atoms with Crippen molar-refractivity contribution in [1.29, 1.82) is 0 Å². The van der Waals surface area contributed by atoms with Crippen molar-refractivity contribution in [3.8, 4) is 5.75 Å². The summed E-state index contributed by atoms with van der Waals surface area (Å²) in [6, 6.07) is 2.94. The lowest BCUT2D eigenvalue weighted by Crippen LogP contribution is -2.12.